The van der Waals surface area contributed by atoms with Gasteiger partial charge in [0.25, 0.3) is 0 Å². The molecule has 6 rings (SSSR count). The van der Waals surface area contributed by atoms with Crippen molar-refractivity contribution >= 4 is 90.2 Å². The Hall–Kier alpha value is -5.26. The van der Waals surface area contributed by atoms with Crippen LogP contribution in [0.3, 0.4) is 0 Å². The zero-order valence-electron chi connectivity index (χ0n) is 32.8. The van der Waals surface area contributed by atoms with Gasteiger partial charge in [0.05, 0.1) is 47.7 Å². The van der Waals surface area contributed by atoms with Crippen molar-refractivity contribution in [3.05, 3.63) is 82.8 Å². The molecule has 1 atom stereocenters. The zero-order chi connectivity index (χ0) is 40.1. The van der Waals surface area contributed by atoms with Crippen molar-refractivity contribution in [2.24, 2.45) is 5.92 Å². The van der Waals surface area contributed by atoms with E-state index in [0.29, 0.717) is 54.1 Å². The molecule has 294 valence electrons. The summed E-state index contributed by atoms with van der Waals surface area (Å²) < 4.78 is 16.7. The summed E-state index contributed by atoms with van der Waals surface area (Å²) >= 11 is 12.8. The summed E-state index contributed by atoms with van der Waals surface area (Å²) in [4.78, 5) is 39.1. The van der Waals surface area contributed by atoms with E-state index in [2.05, 4.69) is 16.0 Å². The van der Waals surface area contributed by atoms with Crippen LogP contribution in [0, 0.1) is 5.92 Å². The smallest absolute Gasteiger partial charge is 0.408 e. The van der Waals surface area contributed by atoms with Gasteiger partial charge >= 0.3 is 6.09 Å². The highest BCUT2D eigenvalue weighted by Gasteiger charge is 2.29. The third kappa shape index (κ3) is 9.57. The molecule has 3 N–H and O–H groups in total. The van der Waals surface area contributed by atoms with Crippen molar-refractivity contribution in [1.29, 1.82) is 0 Å². The van der Waals surface area contributed by atoms with Crippen molar-refractivity contribution < 1.29 is 23.8 Å². The fourth-order valence-corrected chi connectivity index (χ4v) is 7.09. The quantitative estimate of drug-likeness (QED) is 0.0924. The number of anilines is 2. The largest absolute Gasteiger partial charge is 0.497 e. The molecule has 0 aliphatic carbocycles. The third-order valence-electron chi connectivity index (χ3n) is 9.26. The Bertz CT molecular complexity index is 2260. The Kier molecular flexibility index (Phi) is 12.5. The van der Waals surface area contributed by atoms with Gasteiger partial charge in [-0.15, -0.1) is 0 Å². The Balaban J connectivity index is 1.32. The third-order valence-corrected chi connectivity index (χ3v) is 9.73. The number of fused-ring (bicyclic) bond motifs is 4. The van der Waals surface area contributed by atoms with Crippen LogP contribution in [0.1, 0.15) is 41.0 Å². The van der Waals surface area contributed by atoms with Gasteiger partial charge in [-0.05, 0) is 106 Å². The van der Waals surface area contributed by atoms with Gasteiger partial charge < -0.3 is 35.1 Å². The van der Waals surface area contributed by atoms with Crippen LogP contribution in [0.4, 0.5) is 16.2 Å². The van der Waals surface area contributed by atoms with Gasteiger partial charge in [0, 0.05) is 57.8 Å². The van der Waals surface area contributed by atoms with E-state index < -0.39 is 17.7 Å². The molecule has 0 fully saturated rings. The van der Waals surface area contributed by atoms with E-state index in [-0.39, 0.29) is 11.8 Å². The molecule has 0 radical (unpaired) electrons. The molecule has 2 aromatic heterocycles. The number of carbonyl (C=O) groups excluding carboxylic acids is 2. The predicted molar refractivity (Wildman–Crippen MR) is 228 cm³/mol. The normalized spacial score (nSPS) is 12.2. The molecule has 4 aromatic carbocycles. The second-order valence-corrected chi connectivity index (χ2v) is 15.9. The Morgan fingerprint density at radius 2 is 1.18 bits per heavy atom. The van der Waals surface area contributed by atoms with Crippen molar-refractivity contribution in [2.75, 3.05) is 51.0 Å². The number of benzene rings is 4. The number of carbonyl (C=O) groups is 2. The summed E-state index contributed by atoms with van der Waals surface area (Å²) in [6, 6.07) is 21.9. The molecule has 2 amide bonds. The number of hydrogen-bond donors (Lipinski definition) is 3. The minimum Gasteiger partial charge on any atom is -0.497 e. The van der Waals surface area contributed by atoms with Gasteiger partial charge in [-0.3, -0.25) is 4.79 Å². The Morgan fingerprint density at radius 1 is 0.696 bits per heavy atom. The number of halogens is 2. The average molecular weight is 800 g/mol. The maximum absolute atomic E-state index is 14.6. The molecule has 2 heterocycles. The van der Waals surface area contributed by atoms with Gasteiger partial charge in [0.15, 0.2) is 0 Å². The summed E-state index contributed by atoms with van der Waals surface area (Å²) in [6.45, 7) is 10.8. The van der Waals surface area contributed by atoms with E-state index in [4.69, 9.17) is 47.4 Å². The highest BCUT2D eigenvalue weighted by Crippen LogP contribution is 2.36. The number of aromatic nitrogens is 2. The van der Waals surface area contributed by atoms with Gasteiger partial charge in [-0.1, -0.05) is 37.0 Å². The number of amides is 2. The van der Waals surface area contributed by atoms with E-state index in [9.17, 15) is 9.59 Å². The van der Waals surface area contributed by atoms with Crippen molar-refractivity contribution in [3.63, 3.8) is 0 Å². The molecule has 1 unspecified atom stereocenters. The summed E-state index contributed by atoms with van der Waals surface area (Å²) in [5.74, 6) is 1.28. The van der Waals surface area contributed by atoms with Crippen LogP contribution in [-0.4, -0.2) is 78.9 Å². The highest BCUT2D eigenvalue weighted by molar-refractivity contribution is 6.32. The van der Waals surface area contributed by atoms with Crippen molar-refractivity contribution in [3.8, 4) is 11.5 Å². The Morgan fingerprint density at radius 3 is 1.61 bits per heavy atom. The number of pyridine rings is 2. The lowest BCUT2D eigenvalue weighted by molar-refractivity contribution is -0.133. The van der Waals surface area contributed by atoms with Crippen LogP contribution in [0.15, 0.2) is 72.8 Å². The monoisotopic (exact) mass is 798 g/mol. The van der Waals surface area contributed by atoms with Crippen LogP contribution < -0.4 is 25.4 Å². The standard InChI is InChI=1S/C43H48Cl2N6O5/c1-25(2)20-38(50-42(53)56-43(3,4)5)41(52)51(18-16-46-39-30-12-8-26(44)21-36(30)48-34-14-10-28(54-6)23-32(34)39)19-17-47-40-31-13-9-27(45)22-37(31)49-35-15-11-29(55-7)24-33(35)40/h8-15,21-25,38H,16-20H2,1-7H3,(H,46,48)(H,47,49)(H,50,53). The van der Waals surface area contributed by atoms with Crippen LogP contribution >= 0.6 is 23.2 Å². The number of alkyl carbamates (subject to hydrolysis) is 1. The minimum atomic E-state index is -0.812. The zero-order valence-corrected chi connectivity index (χ0v) is 34.3. The fourth-order valence-electron chi connectivity index (χ4n) is 6.75. The summed E-state index contributed by atoms with van der Waals surface area (Å²) in [7, 11) is 3.25. The molecule has 56 heavy (non-hydrogen) atoms. The van der Waals surface area contributed by atoms with E-state index in [0.717, 1.165) is 55.0 Å². The molecular weight excluding hydrogens is 751 g/mol. The molecule has 0 saturated carbocycles. The van der Waals surface area contributed by atoms with Gasteiger partial charge in [0.2, 0.25) is 5.91 Å². The van der Waals surface area contributed by atoms with Crippen LogP contribution in [0.5, 0.6) is 11.5 Å². The summed E-state index contributed by atoms with van der Waals surface area (Å²) in [5, 5.41) is 14.8. The summed E-state index contributed by atoms with van der Waals surface area (Å²) in [6.07, 6.45) is -0.215. The number of rotatable bonds is 14. The Labute approximate surface area is 337 Å². The minimum absolute atomic E-state index is 0.115. The van der Waals surface area contributed by atoms with Crippen molar-refractivity contribution in [1.82, 2.24) is 20.2 Å². The topological polar surface area (TPSA) is 127 Å². The van der Waals surface area contributed by atoms with Crippen molar-refractivity contribution in [2.45, 2.75) is 52.7 Å². The molecule has 0 spiro atoms. The van der Waals surface area contributed by atoms with E-state index in [1.807, 2.05) is 86.6 Å². The van der Waals surface area contributed by atoms with Gasteiger partial charge in [-0.25, -0.2) is 14.8 Å². The number of methoxy groups -OCH3 is 2. The first-order valence-corrected chi connectivity index (χ1v) is 19.4. The molecule has 11 nitrogen and oxygen atoms in total. The lowest BCUT2D eigenvalue weighted by Crippen LogP contribution is -2.52. The van der Waals surface area contributed by atoms with E-state index in [1.165, 1.54) is 0 Å². The number of ether oxygens (including phenoxy) is 3. The second-order valence-electron chi connectivity index (χ2n) is 15.1. The number of hydrogen-bond acceptors (Lipinski definition) is 9. The SMILES string of the molecule is COc1ccc2nc3cc(Cl)ccc3c(NCCN(CCNc3c4ccc(Cl)cc4nc4ccc(OC)cc34)C(=O)C(CC(C)C)NC(=O)OC(C)(C)C)c2c1. The molecule has 13 heteroatoms. The van der Waals surface area contributed by atoms with Gasteiger partial charge in [-0.2, -0.15) is 0 Å². The number of nitrogens with zero attached hydrogens (tertiary/aromatic N) is 3. The molecule has 0 aliphatic heterocycles. The predicted octanol–water partition coefficient (Wildman–Crippen LogP) is 9.71. The fraction of sp³-hybridized carbons (Fsp3) is 0.349. The van der Waals surface area contributed by atoms with Crippen LogP contribution in [-0.2, 0) is 9.53 Å². The molecule has 0 saturated heterocycles. The molecule has 6 aromatic rings. The number of nitrogens with one attached hydrogen (secondary N) is 3. The van der Waals surface area contributed by atoms with E-state index in [1.54, 1.807) is 39.9 Å². The van der Waals surface area contributed by atoms with Crippen LogP contribution in [0.25, 0.3) is 43.6 Å². The first kappa shape index (κ1) is 40.4. The molecule has 0 bridgehead atoms. The highest BCUT2D eigenvalue weighted by atomic mass is 35.5. The molecule has 0 aliphatic rings. The lowest BCUT2D eigenvalue weighted by Gasteiger charge is -2.30. The molecular formula is C43H48Cl2N6O5. The summed E-state index contributed by atoms with van der Waals surface area (Å²) in [5.41, 5.74) is 3.99. The maximum atomic E-state index is 14.6. The maximum Gasteiger partial charge on any atom is 0.408 e. The van der Waals surface area contributed by atoms with Gasteiger partial charge in [0.1, 0.15) is 23.1 Å². The second kappa shape index (κ2) is 17.3. The lowest BCUT2D eigenvalue weighted by atomic mass is 10.0. The first-order valence-electron chi connectivity index (χ1n) is 18.6. The van der Waals surface area contributed by atoms with E-state index >= 15 is 0 Å². The first-order chi connectivity index (χ1) is 26.7. The van der Waals surface area contributed by atoms with Crippen LogP contribution in [0.2, 0.25) is 10.0 Å². The average Bonchev–Trinajstić information content (AvgIpc) is 3.14.